The third-order valence-corrected chi connectivity index (χ3v) is 7.32. The molecule has 0 saturated heterocycles. The van der Waals surface area contributed by atoms with Crippen LogP contribution in [0.15, 0.2) is 46.2 Å². The molecule has 0 saturated carbocycles. The van der Waals surface area contributed by atoms with Crippen molar-refractivity contribution < 1.29 is 13.2 Å². The monoisotopic (exact) mass is 424 g/mol. The highest BCUT2D eigenvalue weighted by molar-refractivity contribution is 7.99. The molecule has 1 unspecified atom stereocenters. The fraction of sp³-hybridized carbons (Fsp3) is 0.316. The Hall–Kier alpha value is -1.54. The average molecular weight is 425 g/mol. The number of hydrogen-bond acceptors (Lipinski definition) is 4. The number of halogens is 1. The Morgan fingerprint density at radius 1 is 1.26 bits per heavy atom. The number of rotatable bonds is 5. The summed E-state index contributed by atoms with van der Waals surface area (Å²) >= 11 is 7.87. The first-order valence-corrected chi connectivity index (χ1v) is 11.5. The van der Waals surface area contributed by atoms with Crippen LogP contribution in [0.2, 0.25) is 5.02 Å². The molecule has 0 spiro atoms. The lowest BCUT2D eigenvalue weighted by Crippen LogP contribution is -2.31. The molecule has 2 aromatic rings. The number of sulfonamides is 1. The van der Waals surface area contributed by atoms with E-state index in [1.807, 2.05) is 18.2 Å². The molecule has 0 fully saturated rings. The topological polar surface area (TPSA) is 75.3 Å². The summed E-state index contributed by atoms with van der Waals surface area (Å²) in [6.07, 6.45) is 0.790. The third kappa shape index (κ3) is 4.48. The zero-order chi connectivity index (χ0) is 19.6. The lowest BCUT2D eigenvalue weighted by atomic mass is 10.0. The molecule has 1 heterocycles. The van der Waals surface area contributed by atoms with Gasteiger partial charge in [0, 0.05) is 27.8 Å². The number of amides is 1. The molecule has 0 aliphatic carbocycles. The molecule has 0 aromatic heterocycles. The van der Waals surface area contributed by atoms with E-state index in [1.54, 1.807) is 31.7 Å². The highest BCUT2D eigenvalue weighted by Crippen LogP contribution is 2.37. The second-order valence-electron chi connectivity index (χ2n) is 6.32. The summed E-state index contributed by atoms with van der Waals surface area (Å²) in [4.78, 5) is 14.1. The van der Waals surface area contributed by atoms with Gasteiger partial charge in [-0.05, 0) is 54.8 Å². The molecule has 0 bridgehead atoms. The highest BCUT2D eigenvalue weighted by Gasteiger charge is 2.24. The van der Waals surface area contributed by atoms with Crippen molar-refractivity contribution >= 4 is 39.3 Å². The number of carbonyl (C=O) groups excluding carboxylic acids is 1. The van der Waals surface area contributed by atoms with E-state index in [9.17, 15) is 13.2 Å². The molecule has 1 aliphatic heterocycles. The summed E-state index contributed by atoms with van der Waals surface area (Å²) in [7, 11) is -3.62. The van der Waals surface area contributed by atoms with Crippen molar-refractivity contribution in [3.8, 4) is 0 Å². The van der Waals surface area contributed by atoms with Crippen LogP contribution in [-0.4, -0.2) is 26.6 Å². The maximum Gasteiger partial charge on any atom is 0.252 e. The second-order valence-corrected chi connectivity index (χ2v) is 9.66. The first-order chi connectivity index (χ1) is 12.8. The van der Waals surface area contributed by atoms with Crippen molar-refractivity contribution in [1.82, 2.24) is 10.0 Å². The predicted octanol–water partition coefficient (Wildman–Crippen LogP) is 3.91. The summed E-state index contributed by atoms with van der Waals surface area (Å²) in [5.74, 6) is 0.608. The summed E-state index contributed by atoms with van der Waals surface area (Å²) < 4.78 is 26.9. The van der Waals surface area contributed by atoms with Crippen LogP contribution >= 0.6 is 23.4 Å². The molecule has 8 heteroatoms. The van der Waals surface area contributed by atoms with Gasteiger partial charge in [-0.25, -0.2) is 13.1 Å². The molecule has 2 aromatic carbocycles. The summed E-state index contributed by atoms with van der Waals surface area (Å²) in [5.41, 5.74) is 2.08. The van der Waals surface area contributed by atoms with Crippen LogP contribution < -0.4 is 10.0 Å². The Bertz CT molecular complexity index is 977. The fourth-order valence-electron chi connectivity index (χ4n) is 3.04. The minimum Gasteiger partial charge on any atom is -0.345 e. The van der Waals surface area contributed by atoms with Gasteiger partial charge in [0.2, 0.25) is 10.0 Å². The summed E-state index contributed by atoms with van der Waals surface area (Å²) in [5, 5.41) is 3.67. The second kappa shape index (κ2) is 8.22. The number of hydrogen-bond donors (Lipinski definition) is 2. The minimum atomic E-state index is -3.62. The van der Waals surface area contributed by atoms with E-state index >= 15 is 0 Å². The Morgan fingerprint density at radius 2 is 2.04 bits per heavy atom. The lowest BCUT2D eigenvalue weighted by molar-refractivity contribution is 0.0934. The summed E-state index contributed by atoms with van der Waals surface area (Å²) in [6.45, 7) is 3.79. The molecule has 144 valence electrons. The molecule has 27 heavy (non-hydrogen) atoms. The van der Waals surface area contributed by atoms with Crippen molar-refractivity contribution in [3.05, 3.63) is 58.1 Å². The van der Waals surface area contributed by atoms with E-state index in [2.05, 4.69) is 10.0 Å². The van der Waals surface area contributed by atoms with Crippen molar-refractivity contribution in [3.63, 3.8) is 0 Å². The molecule has 1 atom stereocenters. The number of fused-ring (bicyclic) bond motifs is 1. The molecule has 5 nitrogen and oxygen atoms in total. The van der Waals surface area contributed by atoms with Gasteiger partial charge in [0.05, 0.1) is 10.9 Å². The Balaban J connectivity index is 1.89. The molecule has 1 amide bonds. The van der Waals surface area contributed by atoms with E-state index in [0.29, 0.717) is 10.6 Å². The Morgan fingerprint density at radius 3 is 2.78 bits per heavy atom. The number of benzene rings is 2. The van der Waals surface area contributed by atoms with Gasteiger partial charge in [-0.3, -0.25) is 4.79 Å². The normalized spacial score (nSPS) is 16.6. The molecule has 0 radical (unpaired) electrons. The van der Waals surface area contributed by atoms with E-state index in [4.69, 9.17) is 11.6 Å². The molecule has 3 rings (SSSR count). The van der Waals surface area contributed by atoms with Gasteiger partial charge in [0.1, 0.15) is 0 Å². The number of carbonyl (C=O) groups is 1. The molecular formula is C19H21ClN2O3S2. The van der Waals surface area contributed by atoms with Crippen LogP contribution in [0.3, 0.4) is 0 Å². The van der Waals surface area contributed by atoms with Gasteiger partial charge >= 0.3 is 0 Å². The van der Waals surface area contributed by atoms with Crippen LogP contribution in [0, 0.1) is 6.92 Å². The van der Waals surface area contributed by atoms with Gasteiger partial charge in [0.25, 0.3) is 5.91 Å². The predicted molar refractivity (Wildman–Crippen MR) is 109 cm³/mol. The van der Waals surface area contributed by atoms with Crippen LogP contribution in [0.25, 0.3) is 0 Å². The van der Waals surface area contributed by atoms with E-state index < -0.39 is 10.0 Å². The van der Waals surface area contributed by atoms with E-state index in [1.165, 1.54) is 12.1 Å². The first-order valence-electron chi connectivity index (χ1n) is 8.65. The van der Waals surface area contributed by atoms with Gasteiger partial charge in [-0.2, -0.15) is 0 Å². The summed E-state index contributed by atoms with van der Waals surface area (Å²) in [6, 6.07) is 10.1. The SMILES string of the molecule is CCNS(=O)(=O)c1ccc(C)c(C(=O)NC2CCSc3ccc(Cl)cc32)c1. The zero-order valence-electron chi connectivity index (χ0n) is 15.1. The van der Waals surface area contributed by atoms with E-state index in [-0.39, 0.29) is 23.4 Å². The van der Waals surface area contributed by atoms with Crippen molar-refractivity contribution in [1.29, 1.82) is 0 Å². The van der Waals surface area contributed by atoms with Gasteiger partial charge in [-0.15, -0.1) is 11.8 Å². The molecular weight excluding hydrogens is 404 g/mol. The first kappa shape index (κ1) is 20.2. The van der Waals surface area contributed by atoms with Crippen molar-refractivity contribution in [2.75, 3.05) is 12.3 Å². The minimum absolute atomic E-state index is 0.0859. The Labute approximate surface area is 168 Å². The van der Waals surface area contributed by atoms with Gasteiger partial charge < -0.3 is 5.32 Å². The standard InChI is InChI=1S/C19H21ClN2O3S2/c1-3-21-27(24,25)14-6-4-12(2)15(11-14)19(23)22-17-8-9-26-18-7-5-13(20)10-16(17)18/h4-7,10-11,17,21H,3,8-9H2,1-2H3,(H,22,23). The van der Waals surface area contributed by atoms with Crippen LogP contribution in [0.4, 0.5) is 0 Å². The quantitative estimate of drug-likeness (QED) is 0.762. The largest absolute Gasteiger partial charge is 0.345 e. The molecule has 1 aliphatic rings. The number of nitrogens with one attached hydrogen (secondary N) is 2. The Kier molecular flexibility index (Phi) is 6.15. The van der Waals surface area contributed by atoms with Crippen molar-refractivity contribution in [2.24, 2.45) is 0 Å². The average Bonchev–Trinajstić information content (AvgIpc) is 2.62. The number of aryl methyl sites for hydroxylation is 1. The third-order valence-electron chi connectivity index (χ3n) is 4.41. The van der Waals surface area contributed by atoms with Crippen LogP contribution in [0.1, 0.15) is 40.9 Å². The zero-order valence-corrected chi connectivity index (χ0v) is 17.5. The van der Waals surface area contributed by atoms with E-state index in [0.717, 1.165) is 28.2 Å². The van der Waals surface area contributed by atoms with Crippen molar-refractivity contribution in [2.45, 2.75) is 36.1 Å². The fourth-order valence-corrected chi connectivity index (χ4v) is 5.39. The highest BCUT2D eigenvalue weighted by atomic mass is 35.5. The van der Waals surface area contributed by atoms with Crippen LogP contribution in [0.5, 0.6) is 0 Å². The maximum absolute atomic E-state index is 12.9. The van der Waals surface area contributed by atoms with Gasteiger partial charge in [-0.1, -0.05) is 24.6 Å². The van der Waals surface area contributed by atoms with Gasteiger partial charge in [0.15, 0.2) is 0 Å². The smallest absolute Gasteiger partial charge is 0.252 e. The number of thioether (sulfide) groups is 1. The lowest BCUT2D eigenvalue weighted by Gasteiger charge is -2.26. The maximum atomic E-state index is 12.9. The molecule has 2 N–H and O–H groups in total. The van der Waals surface area contributed by atoms with Crippen LogP contribution in [-0.2, 0) is 10.0 Å².